The van der Waals surface area contributed by atoms with Crippen LogP contribution in [0.1, 0.15) is 6.92 Å². The van der Waals surface area contributed by atoms with Gasteiger partial charge in [0.15, 0.2) is 0 Å². The van der Waals surface area contributed by atoms with Gasteiger partial charge < -0.3 is 15.8 Å². The zero-order valence-corrected chi connectivity index (χ0v) is 10.4. The van der Waals surface area contributed by atoms with E-state index in [2.05, 4.69) is 27.9 Å². The molecule has 0 saturated carbocycles. The number of nitrogens with two attached hydrogens (primary N) is 1. The fraction of sp³-hybridized carbons (Fsp3) is 0.400. The molecule has 0 aliphatic heterocycles. The number of ether oxygens (including phenoxy) is 1. The molecule has 1 aromatic carbocycles. The van der Waals surface area contributed by atoms with Gasteiger partial charge in [0.25, 0.3) is 0 Å². The molecule has 1 rings (SSSR count). The zero-order valence-electron chi connectivity index (χ0n) is 8.22. The minimum atomic E-state index is 0.710. The van der Waals surface area contributed by atoms with Crippen LogP contribution in [0, 0.1) is 3.57 Å². The van der Waals surface area contributed by atoms with Gasteiger partial charge >= 0.3 is 0 Å². The lowest BCUT2D eigenvalue weighted by atomic mass is 10.3. The molecule has 0 atom stereocenters. The first kappa shape index (κ1) is 11.6. The van der Waals surface area contributed by atoms with Gasteiger partial charge in [0.1, 0.15) is 0 Å². The van der Waals surface area contributed by atoms with Gasteiger partial charge in [-0.2, -0.15) is 0 Å². The molecule has 78 valence electrons. The van der Waals surface area contributed by atoms with E-state index in [-0.39, 0.29) is 0 Å². The molecule has 3 N–H and O–H groups in total. The third-order valence-corrected chi connectivity index (χ3v) is 2.45. The van der Waals surface area contributed by atoms with Gasteiger partial charge in [-0.3, -0.25) is 0 Å². The van der Waals surface area contributed by atoms with Crippen molar-refractivity contribution >= 4 is 34.0 Å². The van der Waals surface area contributed by atoms with Crippen molar-refractivity contribution in [2.45, 2.75) is 6.92 Å². The Morgan fingerprint density at radius 2 is 2.29 bits per heavy atom. The first-order chi connectivity index (χ1) is 6.74. The van der Waals surface area contributed by atoms with Gasteiger partial charge in [-0.05, 0) is 47.7 Å². The second kappa shape index (κ2) is 6.08. The number of halogens is 1. The predicted molar refractivity (Wildman–Crippen MR) is 68.6 cm³/mol. The quantitative estimate of drug-likeness (QED) is 0.498. The molecule has 0 aliphatic rings. The maximum atomic E-state index is 5.83. The highest BCUT2D eigenvalue weighted by Gasteiger charge is 1.97. The minimum Gasteiger partial charge on any atom is -0.397 e. The number of rotatable bonds is 5. The highest BCUT2D eigenvalue weighted by atomic mass is 127. The molecule has 4 heteroatoms. The van der Waals surface area contributed by atoms with Crippen LogP contribution in [0.15, 0.2) is 18.2 Å². The molecule has 0 heterocycles. The Morgan fingerprint density at radius 3 is 2.93 bits per heavy atom. The second-order valence-corrected chi connectivity index (χ2v) is 4.10. The van der Waals surface area contributed by atoms with E-state index in [9.17, 15) is 0 Å². The molecular formula is C10H15IN2O. The van der Waals surface area contributed by atoms with Crippen LogP contribution >= 0.6 is 22.6 Å². The fourth-order valence-corrected chi connectivity index (χ4v) is 1.61. The van der Waals surface area contributed by atoms with E-state index in [0.29, 0.717) is 6.61 Å². The van der Waals surface area contributed by atoms with E-state index < -0.39 is 0 Å². The summed E-state index contributed by atoms with van der Waals surface area (Å²) in [5.41, 5.74) is 7.59. The smallest absolute Gasteiger partial charge is 0.0638 e. The monoisotopic (exact) mass is 306 g/mol. The lowest BCUT2D eigenvalue weighted by molar-refractivity contribution is 0.158. The number of anilines is 2. The van der Waals surface area contributed by atoms with Crippen LogP contribution in [0.3, 0.4) is 0 Å². The van der Waals surface area contributed by atoms with Gasteiger partial charge in [-0.25, -0.2) is 0 Å². The Hall–Kier alpha value is -0.490. The van der Waals surface area contributed by atoms with Gasteiger partial charge in [0, 0.05) is 16.7 Å². The van der Waals surface area contributed by atoms with Gasteiger partial charge in [-0.1, -0.05) is 0 Å². The number of hydrogen-bond acceptors (Lipinski definition) is 3. The van der Waals surface area contributed by atoms with Crippen LogP contribution in [-0.4, -0.2) is 19.8 Å². The van der Waals surface area contributed by atoms with Gasteiger partial charge in [0.2, 0.25) is 0 Å². The molecule has 1 aromatic rings. The van der Waals surface area contributed by atoms with Crippen molar-refractivity contribution in [1.29, 1.82) is 0 Å². The molecule has 3 nitrogen and oxygen atoms in total. The predicted octanol–water partition coefficient (Wildman–Crippen LogP) is 2.32. The summed E-state index contributed by atoms with van der Waals surface area (Å²) in [7, 11) is 0. The van der Waals surface area contributed by atoms with Gasteiger partial charge in [0.05, 0.1) is 18.0 Å². The first-order valence-electron chi connectivity index (χ1n) is 4.60. The Balaban J connectivity index is 2.42. The standard InChI is InChI=1S/C10H15IN2O/c1-2-14-6-5-13-10-4-3-8(11)7-9(10)12/h3-4,7,13H,2,5-6,12H2,1H3. The van der Waals surface area contributed by atoms with Crippen molar-refractivity contribution in [3.05, 3.63) is 21.8 Å². The second-order valence-electron chi connectivity index (χ2n) is 2.86. The highest BCUT2D eigenvalue weighted by molar-refractivity contribution is 14.1. The summed E-state index contributed by atoms with van der Waals surface area (Å²) < 4.78 is 6.36. The summed E-state index contributed by atoms with van der Waals surface area (Å²) >= 11 is 2.24. The number of nitrogens with one attached hydrogen (secondary N) is 1. The number of nitrogen functional groups attached to an aromatic ring is 1. The summed E-state index contributed by atoms with van der Waals surface area (Å²) in [4.78, 5) is 0. The SMILES string of the molecule is CCOCCNc1ccc(I)cc1N. The van der Waals surface area contributed by atoms with E-state index in [1.807, 2.05) is 25.1 Å². The highest BCUT2D eigenvalue weighted by Crippen LogP contribution is 2.20. The lowest BCUT2D eigenvalue weighted by Crippen LogP contribution is -2.10. The third kappa shape index (κ3) is 3.71. The van der Waals surface area contributed by atoms with Crippen molar-refractivity contribution in [1.82, 2.24) is 0 Å². The van der Waals surface area contributed by atoms with E-state index in [0.717, 1.165) is 28.1 Å². The number of benzene rings is 1. The fourth-order valence-electron chi connectivity index (χ4n) is 1.10. The van der Waals surface area contributed by atoms with Crippen molar-refractivity contribution in [3.8, 4) is 0 Å². The minimum absolute atomic E-state index is 0.710. The summed E-state index contributed by atoms with van der Waals surface area (Å²) in [5.74, 6) is 0. The molecule has 0 amide bonds. The summed E-state index contributed by atoms with van der Waals surface area (Å²) in [5, 5.41) is 3.22. The van der Waals surface area contributed by atoms with Crippen LogP contribution in [0.25, 0.3) is 0 Å². The van der Waals surface area contributed by atoms with Crippen LogP contribution in [0.2, 0.25) is 0 Å². The molecular weight excluding hydrogens is 291 g/mol. The average molecular weight is 306 g/mol. The first-order valence-corrected chi connectivity index (χ1v) is 5.68. The molecule has 0 aromatic heterocycles. The average Bonchev–Trinajstić information content (AvgIpc) is 2.15. The Morgan fingerprint density at radius 1 is 1.50 bits per heavy atom. The van der Waals surface area contributed by atoms with E-state index in [4.69, 9.17) is 10.5 Å². The van der Waals surface area contributed by atoms with E-state index in [1.165, 1.54) is 0 Å². The number of hydrogen-bond donors (Lipinski definition) is 2. The Labute approximate surface area is 98.2 Å². The third-order valence-electron chi connectivity index (χ3n) is 1.78. The zero-order chi connectivity index (χ0) is 10.4. The Bertz CT molecular complexity index is 291. The van der Waals surface area contributed by atoms with Gasteiger partial charge in [-0.15, -0.1) is 0 Å². The van der Waals surface area contributed by atoms with Crippen LogP contribution in [0.5, 0.6) is 0 Å². The van der Waals surface area contributed by atoms with Crippen molar-refractivity contribution in [2.24, 2.45) is 0 Å². The van der Waals surface area contributed by atoms with Crippen LogP contribution < -0.4 is 11.1 Å². The molecule has 0 fully saturated rings. The molecule has 0 spiro atoms. The normalized spacial score (nSPS) is 10.1. The summed E-state index contributed by atoms with van der Waals surface area (Å²) in [6, 6.07) is 5.96. The summed E-state index contributed by atoms with van der Waals surface area (Å²) in [6.07, 6.45) is 0. The Kier molecular flexibility index (Phi) is 5.03. The van der Waals surface area contributed by atoms with Crippen molar-refractivity contribution in [2.75, 3.05) is 30.8 Å². The maximum absolute atomic E-state index is 5.83. The van der Waals surface area contributed by atoms with E-state index in [1.54, 1.807) is 0 Å². The molecule has 0 radical (unpaired) electrons. The molecule has 0 saturated heterocycles. The molecule has 14 heavy (non-hydrogen) atoms. The van der Waals surface area contributed by atoms with E-state index >= 15 is 0 Å². The lowest BCUT2D eigenvalue weighted by Gasteiger charge is -2.09. The van der Waals surface area contributed by atoms with Crippen molar-refractivity contribution in [3.63, 3.8) is 0 Å². The molecule has 0 unspecified atom stereocenters. The van der Waals surface area contributed by atoms with Crippen molar-refractivity contribution < 1.29 is 4.74 Å². The topological polar surface area (TPSA) is 47.3 Å². The maximum Gasteiger partial charge on any atom is 0.0638 e. The van der Waals surface area contributed by atoms with Crippen LogP contribution in [-0.2, 0) is 4.74 Å². The summed E-state index contributed by atoms with van der Waals surface area (Å²) in [6.45, 7) is 4.24. The molecule has 0 bridgehead atoms. The largest absolute Gasteiger partial charge is 0.397 e. The molecule has 0 aliphatic carbocycles. The van der Waals surface area contributed by atoms with Crippen LogP contribution in [0.4, 0.5) is 11.4 Å².